The van der Waals surface area contributed by atoms with Crippen LogP contribution in [0.4, 0.5) is 5.69 Å². The van der Waals surface area contributed by atoms with Crippen LogP contribution in [0.2, 0.25) is 5.02 Å². The summed E-state index contributed by atoms with van der Waals surface area (Å²) < 4.78 is 27.6. The highest BCUT2D eigenvalue weighted by Gasteiger charge is 2.34. The normalized spacial score (nSPS) is 16.5. The fraction of sp³-hybridized carbons (Fsp3) is 0.120. The second-order valence-corrected chi connectivity index (χ2v) is 10.7. The molecule has 0 bridgehead atoms. The summed E-state index contributed by atoms with van der Waals surface area (Å²) >= 11 is 7.22. The van der Waals surface area contributed by atoms with Gasteiger partial charge in [0.25, 0.3) is 5.91 Å². The van der Waals surface area contributed by atoms with Gasteiger partial charge < -0.3 is 0 Å². The zero-order valence-corrected chi connectivity index (χ0v) is 20.7. The maximum Gasteiger partial charge on any atom is 0.271 e. The molecule has 0 aliphatic carbocycles. The zero-order valence-electron chi connectivity index (χ0n) is 18.3. The second-order valence-electron chi connectivity index (χ2n) is 7.51. The number of sulfonamides is 1. The third-order valence-electron chi connectivity index (χ3n) is 4.97. The summed E-state index contributed by atoms with van der Waals surface area (Å²) in [7, 11) is -3.63. The van der Waals surface area contributed by atoms with Crippen molar-refractivity contribution in [1.82, 2.24) is 4.72 Å². The van der Waals surface area contributed by atoms with E-state index >= 15 is 0 Å². The van der Waals surface area contributed by atoms with Crippen LogP contribution in [-0.2, 0) is 14.8 Å². The number of halogens is 1. The van der Waals surface area contributed by atoms with Gasteiger partial charge in [0, 0.05) is 11.6 Å². The molecule has 0 aromatic heterocycles. The van der Waals surface area contributed by atoms with Gasteiger partial charge in [0.15, 0.2) is 5.17 Å². The summed E-state index contributed by atoms with van der Waals surface area (Å²) in [6.45, 7) is 2.18. The van der Waals surface area contributed by atoms with Crippen molar-refractivity contribution in [3.63, 3.8) is 0 Å². The Labute approximate surface area is 208 Å². The monoisotopic (exact) mass is 511 g/mol. The Morgan fingerprint density at radius 2 is 1.68 bits per heavy atom. The molecule has 1 amide bonds. The number of nitrogens with one attached hydrogen (secondary N) is 1. The van der Waals surface area contributed by atoms with Crippen molar-refractivity contribution in [3.05, 3.63) is 99.9 Å². The molecule has 0 radical (unpaired) electrons. The van der Waals surface area contributed by atoms with Crippen molar-refractivity contribution in [1.29, 1.82) is 0 Å². The molecule has 0 saturated carbocycles. The van der Waals surface area contributed by atoms with Gasteiger partial charge in [-0.1, -0.05) is 59.6 Å². The number of para-hydroxylation sites is 1. The van der Waals surface area contributed by atoms with Crippen LogP contribution in [0.3, 0.4) is 0 Å². The van der Waals surface area contributed by atoms with Crippen molar-refractivity contribution < 1.29 is 13.2 Å². The number of aliphatic imine (C=N–C) groups is 1. The van der Waals surface area contributed by atoms with Crippen molar-refractivity contribution in [3.8, 4) is 0 Å². The van der Waals surface area contributed by atoms with E-state index in [2.05, 4.69) is 9.71 Å². The first-order valence-corrected chi connectivity index (χ1v) is 13.2. The molecule has 1 fully saturated rings. The van der Waals surface area contributed by atoms with E-state index in [1.807, 2.05) is 49.4 Å². The number of carbonyl (C=O) groups is 1. The minimum Gasteiger partial charge on any atom is -0.268 e. The Morgan fingerprint density at radius 3 is 2.35 bits per heavy atom. The number of thioether (sulfide) groups is 1. The average Bonchev–Trinajstić information content (AvgIpc) is 3.14. The van der Waals surface area contributed by atoms with Crippen molar-refractivity contribution in [2.75, 3.05) is 18.0 Å². The zero-order chi connectivity index (χ0) is 24.1. The first-order chi connectivity index (χ1) is 16.3. The second kappa shape index (κ2) is 10.6. The molecule has 3 aromatic carbocycles. The first-order valence-electron chi connectivity index (χ1n) is 10.5. The van der Waals surface area contributed by atoms with Crippen LogP contribution in [0, 0.1) is 6.92 Å². The molecule has 1 saturated heterocycles. The minimum absolute atomic E-state index is 0.104. The van der Waals surface area contributed by atoms with Crippen molar-refractivity contribution in [2.45, 2.75) is 11.8 Å². The fourth-order valence-corrected chi connectivity index (χ4v) is 5.38. The van der Waals surface area contributed by atoms with Gasteiger partial charge in [-0.2, -0.15) is 0 Å². The highest BCUT2D eigenvalue weighted by molar-refractivity contribution is 8.19. The number of hydrogen-bond acceptors (Lipinski definition) is 5. The van der Waals surface area contributed by atoms with Crippen LogP contribution < -0.4 is 9.62 Å². The van der Waals surface area contributed by atoms with Gasteiger partial charge in [0.1, 0.15) is 0 Å². The first kappa shape index (κ1) is 24.2. The van der Waals surface area contributed by atoms with E-state index in [9.17, 15) is 13.2 Å². The Morgan fingerprint density at radius 1 is 1.00 bits per heavy atom. The summed E-state index contributed by atoms with van der Waals surface area (Å²) in [6.07, 6.45) is 1.79. The number of hydrogen-bond donors (Lipinski definition) is 1. The molecule has 34 heavy (non-hydrogen) atoms. The molecule has 4 rings (SSSR count). The maximum absolute atomic E-state index is 13.2. The number of anilines is 1. The lowest BCUT2D eigenvalue weighted by atomic mass is 10.2. The molecular formula is C25H22ClN3O3S2. The van der Waals surface area contributed by atoms with Crippen LogP contribution in [0.1, 0.15) is 11.1 Å². The number of carbonyl (C=O) groups excluding carboxylic acids is 1. The van der Waals surface area contributed by atoms with Gasteiger partial charge in [-0.25, -0.2) is 13.1 Å². The number of benzene rings is 3. The lowest BCUT2D eigenvalue weighted by molar-refractivity contribution is -0.113. The number of amidine groups is 1. The lowest BCUT2D eigenvalue weighted by Gasteiger charge is -2.15. The predicted molar refractivity (Wildman–Crippen MR) is 140 cm³/mol. The third kappa shape index (κ3) is 5.77. The fourth-order valence-electron chi connectivity index (χ4n) is 3.23. The van der Waals surface area contributed by atoms with Gasteiger partial charge in [0.05, 0.1) is 22.0 Å². The largest absolute Gasteiger partial charge is 0.271 e. The van der Waals surface area contributed by atoms with Crippen LogP contribution in [-0.4, -0.2) is 32.6 Å². The summed E-state index contributed by atoms with van der Waals surface area (Å²) in [5.41, 5.74) is 2.52. The van der Waals surface area contributed by atoms with E-state index in [1.54, 1.807) is 47.4 Å². The van der Waals surface area contributed by atoms with Gasteiger partial charge >= 0.3 is 0 Å². The molecule has 174 valence electrons. The standard InChI is InChI=1S/C25H22ClN3O3S2/c1-18-7-13-22(14-8-18)34(31,32)28-16-15-27-25-29(21-5-3-2-4-6-21)24(30)23(33-25)17-19-9-11-20(26)12-10-19/h2-14,17,28H,15-16H2,1H3/b23-17+,27-25?. The van der Waals surface area contributed by atoms with E-state index in [-0.39, 0.29) is 23.9 Å². The van der Waals surface area contributed by atoms with E-state index in [1.165, 1.54) is 11.8 Å². The molecule has 0 unspecified atom stereocenters. The molecule has 9 heteroatoms. The number of rotatable bonds is 7. The van der Waals surface area contributed by atoms with E-state index in [0.717, 1.165) is 11.1 Å². The van der Waals surface area contributed by atoms with Gasteiger partial charge in [0.2, 0.25) is 10.0 Å². The SMILES string of the molecule is Cc1ccc(S(=O)(=O)NCCN=C2S/C(=C/c3ccc(Cl)cc3)C(=O)N2c2ccccc2)cc1. The molecule has 3 aromatic rings. The molecule has 0 spiro atoms. The predicted octanol–water partition coefficient (Wildman–Crippen LogP) is 5.10. The van der Waals surface area contributed by atoms with Gasteiger partial charge in [-0.15, -0.1) is 0 Å². The Kier molecular flexibility index (Phi) is 7.53. The molecule has 1 N–H and O–H groups in total. The molecule has 0 atom stereocenters. The van der Waals surface area contributed by atoms with Crippen molar-refractivity contribution in [2.24, 2.45) is 4.99 Å². The quantitative estimate of drug-likeness (QED) is 0.353. The Balaban J connectivity index is 1.52. The molecular weight excluding hydrogens is 490 g/mol. The lowest BCUT2D eigenvalue weighted by Crippen LogP contribution is -2.30. The molecule has 6 nitrogen and oxygen atoms in total. The van der Waals surface area contributed by atoms with Crippen LogP contribution in [0.5, 0.6) is 0 Å². The Hall–Kier alpha value is -2.91. The van der Waals surface area contributed by atoms with E-state index < -0.39 is 10.0 Å². The summed E-state index contributed by atoms with van der Waals surface area (Å²) in [5.74, 6) is -0.190. The number of aryl methyl sites for hydroxylation is 1. The van der Waals surface area contributed by atoms with Crippen LogP contribution >= 0.6 is 23.4 Å². The topological polar surface area (TPSA) is 78.8 Å². The van der Waals surface area contributed by atoms with Gasteiger partial charge in [-0.3, -0.25) is 14.7 Å². The highest BCUT2D eigenvalue weighted by Crippen LogP contribution is 2.36. The summed E-state index contributed by atoms with van der Waals surface area (Å²) in [6, 6.07) is 23.1. The minimum atomic E-state index is -3.63. The van der Waals surface area contributed by atoms with Crippen LogP contribution in [0.15, 0.2) is 93.7 Å². The Bertz CT molecular complexity index is 1340. The summed E-state index contributed by atoms with van der Waals surface area (Å²) in [5, 5.41) is 1.11. The van der Waals surface area contributed by atoms with E-state index in [4.69, 9.17) is 11.6 Å². The van der Waals surface area contributed by atoms with Crippen LogP contribution in [0.25, 0.3) is 6.08 Å². The van der Waals surface area contributed by atoms with E-state index in [0.29, 0.717) is 20.8 Å². The average molecular weight is 512 g/mol. The highest BCUT2D eigenvalue weighted by atomic mass is 35.5. The number of amides is 1. The molecule has 1 heterocycles. The summed E-state index contributed by atoms with van der Waals surface area (Å²) in [4.78, 5) is 20.0. The molecule has 1 aliphatic heterocycles. The maximum atomic E-state index is 13.2. The number of nitrogens with zero attached hydrogens (tertiary/aromatic N) is 2. The smallest absolute Gasteiger partial charge is 0.268 e. The molecule has 1 aliphatic rings. The van der Waals surface area contributed by atoms with Gasteiger partial charge in [-0.05, 0) is 66.7 Å². The van der Waals surface area contributed by atoms with Crippen molar-refractivity contribution >= 4 is 56.2 Å². The third-order valence-corrected chi connectivity index (χ3v) is 7.71.